The van der Waals surface area contributed by atoms with Crippen LogP contribution in [-0.4, -0.2) is 34.5 Å². The summed E-state index contributed by atoms with van der Waals surface area (Å²) in [5, 5.41) is 19.2. The third-order valence-electron chi connectivity index (χ3n) is 7.64. The third-order valence-corrected chi connectivity index (χ3v) is 7.64. The lowest BCUT2D eigenvalue weighted by molar-refractivity contribution is -0.164. The molecule has 2 N–H and O–H groups in total. The van der Waals surface area contributed by atoms with Crippen LogP contribution >= 0.6 is 0 Å². The molecule has 136 valence electrons. The van der Waals surface area contributed by atoms with Crippen molar-refractivity contribution in [2.75, 3.05) is 6.61 Å². The maximum atomic E-state index is 12.0. The Bertz CT molecular complexity index is 544. The van der Waals surface area contributed by atoms with Crippen molar-refractivity contribution in [3.8, 4) is 0 Å². The maximum Gasteiger partial charge on any atom is 0.309 e. The van der Waals surface area contributed by atoms with E-state index in [-0.39, 0.29) is 29.6 Å². The molecule has 24 heavy (non-hydrogen) atoms. The van der Waals surface area contributed by atoms with E-state index in [9.17, 15) is 15.0 Å². The smallest absolute Gasteiger partial charge is 0.309 e. The molecule has 6 atom stereocenters. The van der Waals surface area contributed by atoms with Gasteiger partial charge in [-0.1, -0.05) is 25.5 Å². The average molecular weight is 336 g/mol. The first kappa shape index (κ1) is 17.9. The number of hydrogen-bond acceptors (Lipinski definition) is 3. The molecule has 0 aromatic heterocycles. The van der Waals surface area contributed by atoms with E-state index in [0.717, 1.165) is 44.9 Å². The van der Waals surface area contributed by atoms with Crippen LogP contribution in [0.15, 0.2) is 12.2 Å². The van der Waals surface area contributed by atoms with Crippen molar-refractivity contribution in [2.24, 2.45) is 22.7 Å². The van der Waals surface area contributed by atoms with Crippen LogP contribution in [0.4, 0.5) is 0 Å². The molecule has 0 radical (unpaired) electrons. The molecule has 0 aromatic carbocycles. The van der Waals surface area contributed by atoms with Gasteiger partial charge in [-0.2, -0.15) is 0 Å². The number of allylic oxidation sites excluding steroid dienone is 1. The van der Waals surface area contributed by atoms with Gasteiger partial charge in [-0.05, 0) is 69.6 Å². The highest BCUT2D eigenvalue weighted by molar-refractivity contribution is 5.75. The van der Waals surface area contributed by atoms with Crippen LogP contribution in [0.5, 0.6) is 0 Å². The first-order chi connectivity index (χ1) is 11.2. The monoisotopic (exact) mass is 336 g/mol. The lowest BCUT2D eigenvalue weighted by Crippen LogP contribution is -2.53. The summed E-state index contributed by atoms with van der Waals surface area (Å²) in [4.78, 5) is 12.0. The van der Waals surface area contributed by atoms with Crippen LogP contribution in [0.25, 0.3) is 0 Å². The van der Waals surface area contributed by atoms with E-state index in [1.807, 2.05) is 6.92 Å². The van der Waals surface area contributed by atoms with Crippen molar-refractivity contribution in [1.82, 2.24) is 0 Å². The van der Waals surface area contributed by atoms with Gasteiger partial charge in [-0.25, -0.2) is 0 Å². The lowest BCUT2D eigenvalue weighted by Gasteiger charge is -2.57. The molecule has 3 rings (SSSR count). The van der Waals surface area contributed by atoms with Crippen LogP contribution in [0.1, 0.15) is 65.7 Å². The molecular weight excluding hydrogens is 304 g/mol. The van der Waals surface area contributed by atoms with Gasteiger partial charge in [0.2, 0.25) is 0 Å². The minimum atomic E-state index is -0.637. The second kappa shape index (κ2) is 5.84. The van der Waals surface area contributed by atoms with Crippen molar-refractivity contribution >= 4 is 5.97 Å². The van der Waals surface area contributed by atoms with Gasteiger partial charge in [0, 0.05) is 0 Å². The molecule has 4 heteroatoms. The lowest BCUT2D eigenvalue weighted by atomic mass is 9.46. The number of carboxylic acid groups (broad SMARTS) is 1. The van der Waals surface area contributed by atoms with Gasteiger partial charge in [0.15, 0.2) is 0 Å². The fourth-order valence-corrected chi connectivity index (χ4v) is 5.91. The van der Waals surface area contributed by atoms with Crippen molar-refractivity contribution in [1.29, 1.82) is 0 Å². The van der Waals surface area contributed by atoms with Gasteiger partial charge < -0.3 is 14.9 Å². The van der Waals surface area contributed by atoms with E-state index in [2.05, 4.69) is 20.4 Å². The molecule has 4 nitrogen and oxygen atoms in total. The molecule has 1 saturated heterocycles. The molecule has 0 amide bonds. The molecule has 2 saturated carbocycles. The topological polar surface area (TPSA) is 70.1 Å². The zero-order valence-corrected chi connectivity index (χ0v) is 15.3. The summed E-state index contributed by atoms with van der Waals surface area (Å²) in [6, 6.07) is 0. The van der Waals surface area contributed by atoms with Crippen molar-refractivity contribution in [3.05, 3.63) is 12.2 Å². The van der Waals surface area contributed by atoms with Gasteiger partial charge in [0.05, 0.1) is 17.6 Å². The molecule has 1 aliphatic heterocycles. The van der Waals surface area contributed by atoms with Crippen LogP contribution in [0.3, 0.4) is 0 Å². The number of fused-ring (bicyclic) bond motifs is 1. The number of aliphatic hydroxyl groups excluding tert-OH is 1. The Morgan fingerprint density at radius 1 is 1.33 bits per heavy atom. The predicted octanol–water partition coefficient (Wildman–Crippen LogP) is 3.78. The molecule has 0 spiro atoms. The predicted molar refractivity (Wildman–Crippen MR) is 92.7 cm³/mol. The standard InChI is InChI=1S/C20H32O4/c1-13-6-7-15-18(2,9-5-10-19(15,3)17(22)23)14(13)8-11-20(4)16(12-21)24-20/h14-16,21H,1,5-12H2,2-4H3,(H,22,23)/t14-,15+,16+,18+,19-,20+/m0/s1. The zero-order chi connectivity index (χ0) is 17.8. The highest BCUT2D eigenvalue weighted by Gasteiger charge is 2.58. The van der Waals surface area contributed by atoms with Crippen LogP contribution in [0, 0.1) is 22.7 Å². The van der Waals surface area contributed by atoms with Gasteiger partial charge >= 0.3 is 5.97 Å². The maximum absolute atomic E-state index is 12.0. The van der Waals surface area contributed by atoms with E-state index >= 15 is 0 Å². The zero-order valence-electron chi connectivity index (χ0n) is 15.3. The number of aliphatic hydroxyl groups is 1. The minimum absolute atomic E-state index is 0.0146. The first-order valence-corrected chi connectivity index (χ1v) is 9.37. The Hall–Kier alpha value is -0.870. The van der Waals surface area contributed by atoms with Crippen LogP contribution < -0.4 is 0 Å². The second-order valence-electron chi connectivity index (χ2n) is 9.02. The quantitative estimate of drug-likeness (QED) is 0.592. The van der Waals surface area contributed by atoms with E-state index < -0.39 is 11.4 Å². The summed E-state index contributed by atoms with van der Waals surface area (Å²) in [7, 11) is 0. The van der Waals surface area contributed by atoms with E-state index in [4.69, 9.17) is 4.74 Å². The molecule has 3 fully saturated rings. The van der Waals surface area contributed by atoms with E-state index in [1.165, 1.54) is 5.57 Å². The number of hydrogen-bond donors (Lipinski definition) is 2. The minimum Gasteiger partial charge on any atom is -0.481 e. The fourth-order valence-electron chi connectivity index (χ4n) is 5.91. The molecule has 0 bridgehead atoms. The molecule has 2 aliphatic carbocycles. The average Bonchev–Trinajstić information content (AvgIpc) is 3.17. The molecule has 0 aromatic rings. The Labute approximate surface area is 145 Å². The summed E-state index contributed by atoms with van der Waals surface area (Å²) >= 11 is 0. The van der Waals surface area contributed by atoms with E-state index in [1.54, 1.807) is 0 Å². The Morgan fingerprint density at radius 2 is 2.04 bits per heavy atom. The molecular formula is C20H32O4. The molecule has 3 aliphatic rings. The summed E-state index contributed by atoms with van der Waals surface area (Å²) < 4.78 is 5.65. The number of carbonyl (C=O) groups is 1. The third kappa shape index (κ3) is 2.62. The molecule has 1 heterocycles. The SMILES string of the molecule is C=C1CC[C@@H]2[C@](C)(CCC[C@]2(C)C(=O)O)[C@H]1CC[C@@]1(C)O[C@@H]1CO. The number of aliphatic carboxylic acids is 1. The second-order valence-corrected chi connectivity index (χ2v) is 9.02. The van der Waals surface area contributed by atoms with Crippen LogP contribution in [0.2, 0.25) is 0 Å². The van der Waals surface area contributed by atoms with Crippen LogP contribution in [-0.2, 0) is 9.53 Å². The first-order valence-electron chi connectivity index (χ1n) is 9.37. The van der Waals surface area contributed by atoms with Crippen molar-refractivity contribution in [2.45, 2.75) is 77.4 Å². The van der Waals surface area contributed by atoms with Crippen molar-refractivity contribution < 1.29 is 19.7 Å². The van der Waals surface area contributed by atoms with Crippen molar-refractivity contribution in [3.63, 3.8) is 0 Å². The highest BCUT2D eigenvalue weighted by Crippen LogP contribution is 2.62. The Balaban J connectivity index is 1.80. The Kier molecular flexibility index (Phi) is 4.37. The Morgan fingerprint density at radius 3 is 2.62 bits per heavy atom. The van der Waals surface area contributed by atoms with E-state index in [0.29, 0.717) is 5.92 Å². The number of ether oxygens (including phenoxy) is 1. The number of carboxylic acids is 1. The largest absolute Gasteiger partial charge is 0.481 e. The van der Waals surface area contributed by atoms with Gasteiger partial charge in [-0.15, -0.1) is 0 Å². The normalized spacial score (nSPS) is 48.0. The summed E-state index contributed by atoms with van der Waals surface area (Å²) in [6.45, 7) is 10.8. The number of epoxide rings is 1. The highest BCUT2D eigenvalue weighted by atomic mass is 16.6. The summed E-state index contributed by atoms with van der Waals surface area (Å²) in [5.74, 6) is -0.0635. The summed E-state index contributed by atoms with van der Waals surface area (Å²) in [6.07, 6.45) is 6.60. The van der Waals surface area contributed by atoms with Gasteiger partial charge in [0.25, 0.3) is 0 Å². The summed E-state index contributed by atoms with van der Waals surface area (Å²) in [5.41, 5.74) is 0.483. The number of rotatable bonds is 5. The molecule has 0 unspecified atom stereocenters. The van der Waals surface area contributed by atoms with Gasteiger partial charge in [-0.3, -0.25) is 4.79 Å². The fraction of sp³-hybridized carbons (Fsp3) is 0.850. The van der Waals surface area contributed by atoms with Gasteiger partial charge in [0.1, 0.15) is 6.10 Å².